The summed E-state index contributed by atoms with van der Waals surface area (Å²) in [4.78, 5) is 23.4. The molecule has 0 aliphatic carbocycles. The van der Waals surface area contributed by atoms with Gasteiger partial charge in [-0.15, -0.1) is 12.4 Å². The van der Waals surface area contributed by atoms with Gasteiger partial charge in [0.05, 0.1) is 6.54 Å². The van der Waals surface area contributed by atoms with Gasteiger partial charge in [-0.3, -0.25) is 4.79 Å². The highest BCUT2D eigenvalue weighted by Crippen LogP contribution is 2.08. The number of rotatable bonds is 4. The van der Waals surface area contributed by atoms with Crippen LogP contribution in [0, 0.1) is 6.92 Å². The van der Waals surface area contributed by atoms with Crippen molar-refractivity contribution in [3.05, 3.63) is 29.8 Å². The van der Waals surface area contributed by atoms with Gasteiger partial charge in [0.25, 0.3) is 0 Å². The zero-order valence-corrected chi connectivity index (χ0v) is 13.5. The van der Waals surface area contributed by atoms with Crippen molar-refractivity contribution in [3.8, 4) is 0 Å². The van der Waals surface area contributed by atoms with E-state index in [1.807, 2.05) is 25.1 Å². The average molecular weight is 327 g/mol. The minimum Gasteiger partial charge on any atom is -0.351 e. The van der Waals surface area contributed by atoms with Crippen LogP contribution in [0.5, 0.6) is 0 Å². The van der Waals surface area contributed by atoms with Gasteiger partial charge in [-0.2, -0.15) is 0 Å². The van der Waals surface area contributed by atoms with Gasteiger partial charge >= 0.3 is 6.03 Å². The number of carbonyl (C=O) groups excluding carboxylic acids is 2. The minimum absolute atomic E-state index is 0. The van der Waals surface area contributed by atoms with Crippen molar-refractivity contribution < 1.29 is 9.59 Å². The van der Waals surface area contributed by atoms with Crippen LogP contribution in [0.2, 0.25) is 0 Å². The van der Waals surface area contributed by atoms with Gasteiger partial charge in [0.15, 0.2) is 0 Å². The Balaban J connectivity index is 0.00000242. The predicted octanol–water partition coefficient (Wildman–Crippen LogP) is 1.41. The molecule has 4 N–H and O–H groups in total. The van der Waals surface area contributed by atoms with E-state index in [1.165, 1.54) is 0 Å². The highest BCUT2D eigenvalue weighted by Gasteiger charge is 2.15. The number of aryl methyl sites for hydroxylation is 1. The monoisotopic (exact) mass is 326 g/mol. The lowest BCUT2D eigenvalue weighted by Crippen LogP contribution is -2.48. The van der Waals surface area contributed by atoms with Gasteiger partial charge in [0.1, 0.15) is 0 Å². The molecule has 0 saturated carbocycles. The van der Waals surface area contributed by atoms with Crippen LogP contribution < -0.4 is 21.3 Å². The smallest absolute Gasteiger partial charge is 0.319 e. The van der Waals surface area contributed by atoms with Gasteiger partial charge in [-0.25, -0.2) is 4.79 Å². The minimum atomic E-state index is -0.377. The Labute approximate surface area is 136 Å². The second kappa shape index (κ2) is 9.27. The lowest BCUT2D eigenvalue weighted by Gasteiger charge is -2.23. The van der Waals surface area contributed by atoms with Gasteiger partial charge < -0.3 is 21.3 Å². The van der Waals surface area contributed by atoms with Gasteiger partial charge in [-0.1, -0.05) is 12.1 Å². The summed E-state index contributed by atoms with van der Waals surface area (Å²) < 4.78 is 0. The summed E-state index contributed by atoms with van der Waals surface area (Å²) in [5, 5.41) is 11.4. The topological polar surface area (TPSA) is 82.3 Å². The van der Waals surface area contributed by atoms with Crippen molar-refractivity contribution in [2.45, 2.75) is 25.8 Å². The van der Waals surface area contributed by atoms with Gasteiger partial charge in [0, 0.05) is 18.3 Å². The molecule has 1 atom stereocenters. The Morgan fingerprint density at radius 3 is 2.86 bits per heavy atom. The fourth-order valence-electron chi connectivity index (χ4n) is 2.31. The maximum absolute atomic E-state index is 11.7. The Morgan fingerprint density at radius 1 is 1.36 bits per heavy atom. The molecular formula is C15H23ClN4O2. The molecule has 0 bridgehead atoms. The molecule has 1 fully saturated rings. The highest BCUT2D eigenvalue weighted by molar-refractivity contribution is 5.92. The predicted molar refractivity (Wildman–Crippen MR) is 89.5 cm³/mol. The van der Waals surface area contributed by atoms with Crippen LogP contribution in [-0.2, 0) is 4.79 Å². The Kier molecular flexibility index (Phi) is 7.70. The lowest BCUT2D eigenvalue weighted by molar-refractivity contribution is -0.120. The molecule has 22 heavy (non-hydrogen) atoms. The van der Waals surface area contributed by atoms with E-state index in [-0.39, 0.29) is 36.9 Å². The molecule has 0 spiro atoms. The molecule has 1 aromatic carbocycles. The summed E-state index contributed by atoms with van der Waals surface area (Å²) in [6.07, 6.45) is 2.04. The third-order valence-electron chi connectivity index (χ3n) is 3.35. The quantitative estimate of drug-likeness (QED) is 0.675. The van der Waals surface area contributed by atoms with E-state index in [9.17, 15) is 9.59 Å². The van der Waals surface area contributed by atoms with E-state index in [2.05, 4.69) is 21.3 Å². The number of halogens is 1. The molecule has 1 aliphatic heterocycles. The molecule has 1 saturated heterocycles. The number of benzene rings is 1. The highest BCUT2D eigenvalue weighted by atomic mass is 35.5. The first-order valence-corrected chi connectivity index (χ1v) is 7.25. The number of nitrogens with one attached hydrogen (secondary N) is 4. The molecule has 0 aromatic heterocycles. The summed E-state index contributed by atoms with van der Waals surface area (Å²) >= 11 is 0. The standard InChI is InChI=1S/C15H22N4O2.ClH/c1-11-4-2-5-12(8-11)19-15(21)17-10-14(20)18-13-6-3-7-16-9-13;/h2,4-5,8,13,16H,3,6-7,9-10H2,1H3,(H,18,20)(H2,17,19,21);1H. The number of hydrogen-bond donors (Lipinski definition) is 4. The Hall–Kier alpha value is -1.79. The molecule has 1 aromatic rings. The average Bonchev–Trinajstić information content (AvgIpc) is 2.46. The summed E-state index contributed by atoms with van der Waals surface area (Å²) in [6.45, 7) is 3.73. The molecule has 122 valence electrons. The maximum atomic E-state index is 11.7. The molecule has 0 radical (unpaired) electrons. The lowest BCUT2D eigenvalue weighted by atomic mass is 10.1. The van der Waals surface area contributed by atoms with E-state index in [0.29, 0.717) is 5.69 Å². The van der Waals surface area contributed by atoms with Crippen molar-refractivity contribution >= 4 is 30.0 Å². The molecule has 7 heteroatoms. The van der Waals surface area contributed by atoms with Crippen molar-refractivity contribution in [1.29, 1.82) is 0 Å². The van der Waals surface area contributed by atoms with E-state index in [1.54, 1.807) is 6.07 Å². The van der Waals surface area contributed by atoms with E-state index in [4.69, 9.17) is 0 Å². The molecule has 2 rings (SSSR count). The van der Waals surface area contributed by atoms with Gasteiger partial charge in [-0.05, 0) is 44.0 Å². The number of urea groups is 1. The Bertz CT molecular complexity index is 504. The third-order valence-corrected chi connectivity index (χ3v) is 3.35. The van der Waals surface area contributed by atoms with Crippen LogP contribution in [0.25, 0.3) is 0 Å². The SMILES string of the molecule is Cc1cccc(NC(=O)NCC(=O)NC2CCCNC2)c1.Cl. The number of anilines is 1. The van der Waals surface area contributed by atoms with Gasteiger partial charge in [0.2, 0.25) is 5.91 Å². The molecule has 6 nitrogen and oxygen atoms in total. The first kappa shape index (κ1) is 18.3. The second-order valence-corrected chi connectivity index (χ2v) is 5.29. The first-order chi connectivity index (χ1) is 10.1. The van der Waals surface area contributed by atoms with E-state index in [0.717, 1.165) is 31.5 Å². The van der Waals surface area contributed by atoms with Crippen molar-refractivity contribution in [3.63, 3.8) is 0 Å². The maximum Gasteiger partial charge on any atom is 0.319 e. The van der Waals surface area contributed by atoms with Crippen molar-refractivity contribution in [2.24, 2.45) is 0 Å². The molecule has 3 amide bonds. The van der Waals surface area contributed by atoms with E-state index < -0.39 is 0 Å². The summed E-state index contributed by atoms with van der Waals surface area (Å²) in [5.41, 5.74) is 1.78. The van der Waals surface area contributed by atoms with Crippen LogP contribution >= 0.6 is 12.4 Å². The number of piperidine rings is 1. The molecular weight excluding hydrogens is 304 g/mol. The Morgan fingerprint density at radius 2 is 2.18 bits per heavy atom. The third kappa shape index (κ3) is 6.32. The first-order valence-electron chi connectivity index (χ1n) is 7.25. The van der Waals surface area contributed by atoms with Crippen molar-refractivity contribution in [1.82, 2.24) is 16.0 Å². The van der Waals surface area contributed by atoms with Crippen molar-refractivity contribution in [2.75, 3.05) is 25.0 Å². The summed E-state index contributed by atoms with van der Waals surface area (Å²) in [7, 11) is 0. The van der Waals surface area contributed by atoms with Crippen LogP contribution in [0.4, 0.5) is 10.5 Å². The number of hydrogen-bond acceptors (Lipinski definition) is 3. The molecule has 1 heterocycles. The molecule has 1 aliphatic rings. The largest absolute Gasteiger partial charge is 0.351 e. The number of amides is 3. The zero-order valence-electron chi connectivity index (χ0n) is 12.6. The molecule has 1 unspecified atom stereocenters. The van der Waals surface area contributed by atoms with E-state index >= 15 is 0 Å². The van der Waals surface area contributed by atoms with Crippen LogP contribution in [0.3, 0.4) is 0 Å². The summed E-state index contributed by atoms with van der Waals surface area (Å²) in [6, 6.07) is 7.28. The fraction of sp³-hybridized carbons (Fsp3) is 0.467. The number of carbonyl (C=O) groups is 2. The summed E-state index contributed by atoms with van der Waals surface area (Å²) in [5.74, 6) is -0.164. The van der Waals surface area contributed by atoms with Crippen LogP contribution in [0.1, 0.15) is 18.4 Å². The fourth-order valence-corrected chi connectivity index (χ4v) is 2.31. The van der Waals surface area contributed by atoms with Crippen LogP contribution in [-0.4, -0.2) is 37.6 Å². The zero-order chi connectivity index (χ0) is 15.1. The normalized spacial score (nSPS) is 17.0. The van der Waals surface area contributed by atoms with Crippen LogP contribution in [0.15, 0.2) is 24.3 Å². The second-order valence-electron chi connectivity index (χ2n) is 5.29.